The molecule has 0 saturated heterocycles. The molecule has 1 nitrogen and oxygen atoms in total. The van der Waals surface area contributed by atoms with Gasteiger partial charge in [-0.15, -0.1) is 0 Å². The van der Waals surface area contributed by atoms with Crippen LogP contribution < -0.4 is 0 Å². The van der Waals surface area contributed by atoms with Crippen LogP contribution in [0.2, 0.25) is 5.02 Å². The molecule has 1 atom stereocenters. The highest BCUT2D eigenvalue weighted by atomic mass is 35.5. The third-order valence-electron chi connectivity index (χ3n) is 2.04. The second-order valence-electron chi connectivity index (χ2n) is 3.00. The summed E-state index contributed by atoms with van der Waals surface area (Å²) in [5, 5.41) is 0.344. The van der Waals surface area contributed by atoms with Crippen molar-refractivity contribution in [1.82, 2.24) is 0 Å². The van der Waals surface area contributed by atoms with E-state index >= 15 is 0 Å². The molecule has 1 unspecified atom stereocenters. The molecule has 13 heavy (non-hydrogen) atoms. The largest absolute Gasteiger partial charge is 0.299 e. The normalized spacial score (nSPS) is 12.6. The van der Waals surface area contributed by atoms with Gasteiger partial charge in [-0.05, 0) is 24.6 Å². The fraction of sp³-hybridized carbons (Fsp3) is 0.300. The Hall–Kier alpha value is -0.890. The second-order valence-corrected chi connectivity index (χ2v) is 3.43. The molecular formula is C10H10ClFO. The quantitative estimate of drug-likeness (QED) is 0.717. The molecule has 0 aliphatic carbocycles. The fourth-order valence-electron chi connectivity index (χ4n) is 1.07. The van der Waals surface area contributed by atoms with Crippen LogP contribution in [-0.4, -0.2) is 5.78 Å². The summed E-state index contributed by atoms with van der Waals surface area (Å²) in [5.41, 5.74) is 0.400. The SMILES string of the molecule is CC(=O)C(C)c1ccc(Cl)cc1F. The van der Waals surface area contributed by atoms with Crippen LogP contribution in [0.25, 0.3) is 0 Å². The van der Waals surface area contributed by atoms with Crippen LogP contribution in [0.4, 0.5) is 4.39 Å². The smallest absolute Gasteiger partial charge is 0.137 e. The first-order chi connectivity index (χ1) is 6.02. The summed E-state index contributed by atoms with van der Waals surface area (Å²) in [5.74, 6) is -0.881. The van der Waals surface area contributed by atoms with Crippen LogP contribution in [0.15, 0.2) is 18.2 Å². The van der Waals surface area contributed by atoms with Crippen LogP contribution in [0.3, 0.4) is 0 Å². The van der Waals surface area contributed by atoms with Crippen LogP contribution in [0.1, 0.15) is 25.3 Å². The Morgan fingerprint density at radius 2 is 2.15 bits per heavy atom. The summed E-state index contributed by atoms with van der Waals surface area (Å²) in [6, 6.07) is 4.35. The van der Waals surface area contributed by atoms with Crippen molar-refractivity contribution in [2.45, 2.75) is 19.8 Å². The van der Waals surface area contributed by atoms with E-state index in [0.29, 0.717) is 10.6 Å². The van der Waals surface area contributed by atoms with Crippen molar-refractivity contribution < 1.29 is 9.18 Å². The number of carbonyl (C=O) groups excluding carboxylic acids is 1. The molecule has 0 aromatic heterocycles. The number of benzene rings is 1. The second kappa shape index (κ2) is 3.88. The predicted octanol–water partition coefficient (Wildman–Crippen LogP) is 3.17. The van der Waals surface area contributed by atoms with E-state index in [2.05, 4.69) is 0 Å². The molecule has 0 amide bonds. The highest BCUT2D eigenvalue weighted by Gasteiger charge is 2.14. The summed E-state index contributed by atoms with van der Waals surface area (Å²) < 4.78 is 13.2. The molecule has 70 valence electrons. The van der Waals surface area contributed by atoms with Crippen molar-refractivity contribution in [1.29, 1.82) is 0 Å². The van der Waals surface area contributed by atoms with Crippen molar-refractivity contribution in [3.8, 4) is 0 Å². The lowest BCUT2D eigenvalue weighted by Gasteiger charge is -2.08. The summed E-state index contributed by atoms with van der Waals surface area (Å²) in [6.45, 7) is 3.12. The molecule has 1 rings (SSSR count). The standard InChI is InChI=1S/C10H10ClFO/c1-6(7(2)13)9-4-3-8(11)5-10(9)12/h3-6H,1-2H3. The number of carbonyl (C=O) groups is 1. The summed E-state index contributed by atoms with van der Waals surface area (Å²) in [6.07, 6.45) is 0. The molecular weight excluding hydrogens is 191 g/mol. The van der Waals surface area contributed by atoms with Crippen LogP contribution >= 0.6 is 11.6 Å². The van der Waals surface area contributed by atoms with Gasteiger partial charge in [-0.25, -0.2) is 4.39 Å². The van der Waals surface area contributed by atoms with Gasteiger partial charge in [0.05, 0.1) is 0 Å². The number of Topliss-reactive ketones (excluding diaryl/α,β-unsaturated/α-hetero) is 1. The number of ketones is 1. The first-order valence-electron chi connectivity index (χ1n) is 3.97. The molecule has 0 saturated carbocycles. The first-order valence-corrected chi connectivity index (χ1v) is 4.35. The lowest BCUT2D eigenvalue weighted by atomic mass is 9.97. The van der Waals surface area contributed by atoms with Crippen LogP contribution in [-0.2, 0) is 4.79 Å². The Labute approximate surface area is 81.5 Å². The summed E-state index contributed by atoms with van der Waals surface area (Å²) in [4.78, 5) is 11.0. The topological polar surface area (TPSA) is 17.1 Å². The minimum atomic E-state index is -0.421. The maximum absolute atomic E-state index is 13.2. The molecule has 0 heterocycles. The van der Waals surface area contributed by atoms with Gasteiger partial charge < -0.3 is 0 Å². The van der Waals surface area contributed by atoms with Gasteiger partial charge in [-0.1, -0.05) is 24.6 Å². The maximum atomic E-state index is 13.2. The van der Waals surface area contributed by atoms with Crippen molar-refractivity contribution in [3.63, 3.8) is 0 Å². The highest BCUT2D eigenvalue weighted by molar-refractivity contribution is 6.30. The van der Waals surface area contributed by atoms with E-state index in [1.54, 1.807) is 19.1 Å². The Balaban J connectivity index is 3.08. The maximum Gasteiger partial charge on any atom is 0.137 e. The molecule has 0 aliphatic heterocycles. The third-order valence-corrected chi connectivity index (χ3v) is 2.27. The van der Waals surface area contributed by atoms with Gasteiger partial charge in [-0.3, -0.25) is 4.79 Å². The Morgan fingerprint density at radius 3 is 2.62 bits per heavy atom. The van der Waals surface area contributed by atoms with Gasteiger partial charge in [0, 0.05) is 10.9 Å². The van der Waals surface area contributed by atoms with E-state index in [9.17, 15) is 9.18 Å². The molecule has 0 aliphatic rings. The first kappa shape index (κ1) is 10.2. The van der Waals surface area contributed by atoms with Crippen LogP contribution in [0, 0.1) is 5.82 Å². The minimum absolute atomic E-state index is 0.0544. The van der Waals surface area contributed by atoms with E-state index in [1.165, 1.54) is 13.0 Å². The van der Waals surface area contributed by atoms with Crippen LogP contribution in [0.5, 0.6) is 0 Å². The van der Waals surface area contributed by atoms with Gasteiger partial charge >= 0.3 is 0 Å². The predicted molar refractivity (Wildman–Crippen MR) is 50.5 cm³/mol. The van der Waals surface area contributed by atoms with E-state index in [1.807, 2.05) is 0 Å². The van der Waals surface area contributed by atoms with Gasteiger partial charge in [0.2, 0.25) is 0 Å². The zero-order valence-corrected chi connectivity index (χ0v) is 8.23. The minimum Gasteiger partial charge on any atom is -0.299 e. The van der Waals surface area contributed by atoms with Crippen molar-refractivity contribution in [2.75, 3.05) is 0 Å². The number of hydrogen-bond acceptors (Lipinski definition) is 1. The monoisotopic (exact) mass is 200 g/mol. The average Bonchev–Trinajstić information content (AvgIpc) is 2.03. The molecule has 0 fully saturated rings. The lowest BCUT2D eigenvalue weighted by Crippen LogP contribution is -2.06. The fourth-order valence-corrected chi connectivity index (χ4v) is 1.23. The van der Waals surface area contributed by atoms with E-state index in [4.69, 9.17) is 11.6 Å². The summed E-state index contributed by atoms with van der Waals surface area (Å²) >= 11 is 5.58. The molecule has 3 heteroatoms. The number of rotatable bonds is 2. The van der Waals surface area contributed by atoms with E-state index < -0.39 is 11.7 Å². The van der Waals surface area contributed by atoms with Crippen molar-refractivity contribution >= 4 is 17.4 Å². The third kappa shape index (κ3) is 2.28. The highest BCUT2D eigenvalue weighted by Crippen LogP contribution is 2.22. The Bertz CT molecular complexity index is 336. The molecule has 1 aromatic rings. The van der Waals surface area contributed by atoms with Gasteiger partial charge in [-0.2, -0.15) is 0 Å². The molecule has 0 bridgehead atoms. The number of hydrogen-bond donors (Lipinski definition) is 0. The zero-order chi connectivity index (χ0) is 10.0. The Kier molecular flexibility index (Phi) is 3.04. The van der Waals surface area contributed by atoms with Gasteiger partial charge in [0.1, 0.15) is 11.6 Å². The van der Waals surface area contributed by atoms with Gasteiger partial charge in [0.25, 0.3) is 0 Å². The van der Waals surface area contributed by atoms with Gasteiger partial charge in [0.15, 0.2) is 0 Å². The zero-order valence-electron chi connectivity index (χ0n) is 7.47. The Morgan fingerprint density at radius 1 is 1.54 bits per heavy atom. The molecule has 0 spiro atoms. The lowest BCUT2D eigenvalue weighted by molar-refractivity contribution is -0.118. The van der Waals surface area contributed by atoms with Crippen molar-refractivity contribution in [2.24, 2.45) is 0 Å². The number of halogens is 2. The molecule has 0 radical (unpaired) electrons. The average molecular weight is 201 g/mol. The van der Waals surface area contributed by atoms with Crippen molar-refractivity contribution in [3.05, 3.63) is 34.6 Å². The summed E-state index contributed by atoms with van der Waals surface area (Å²) in [7, 11) is 0. The molecule has 1 aromatic carbocycles. The molecule has 0 N–H and O–H groups in total. The van der Waals surface area contributed by atoms with E-state index in [0.717, 1.165) is 0 Å². The van der Waals surface area contributed by atoms with E-state index in [-0.39, 0.29) is 5.78 Å².